The molecule has 0 rings (SSSR count). The molecule has 0 aromatic heterocycles. The van der Waals surface area contributed by atoms with Gasteiger partial charge in [-0.05, 0) is 0 Å². The van der Waals surface area contributed by atoms with Gasteiger partial charge in [0.1, 0.15) is 0 Å². The summed E-state index contributed by atoms with van der Waals surface area (Å²) in [5.41, 5.74) is 0. The van der Waals surface area contributed by atoms with Crippen molar-refractivity contribution in [3.05, 3.63) is 0 Å². The Bertz CT molecular complexity index is 99.2. The molecule has 0 N–H and O–H groups in total. The molecule has 0 aliphatic heterocycles. The van der Waals surface area contributed by atoms with Gasteiger partial charge in [-0.2, -0.15) is 0 Å². The molecule has 0 aromatic rings. The average Bonchev–Trinajstić information content (AvgIpc) is 1.59. The molecule has 0 fully saturated rings. The Morgan fingerprint density at radius 1 is 0.667 bits per heavy atom. The van der Waals surface area contributed by atoms with Crippen LogP contribution in [0.25, 0.3) is 0 Å². The summed E-state index contributed by atoms with van der Waals surface area (Å²) in [7, 11) is 13.4. The highest BCUT2D eigenvalue weighted by Crippen LogP contribution is 2.10. The Hall–Kier alpha value is 1.38. The molecule has 78 valence electrons. The minimum atomic E-state index is 0. The van der Waals surface area contributed by atoms with Crippen molar-refractivity contribution < 1.29 is 56.9 Å². The summed E-state index contributed by atoms with van der Waals surface area (Å²) in [5, 5.41) is 0. The second-order valence-corrected chi connectivity index (χ2v) is 4.86. The minimum Gasteiger partial charge on any atom is -1.00 e. The molecule has 4 heteroatoms. The molecule has 0 amide bonds. The van der Waals surface area contributed by atoms with Gasteiger partial charge in [-0.15, -0.1) is 0 Å². The maximum atomic E-state index is 2.28. The van der Waals surface area contributed by atoms with E-state index in [4.69, 9.17) is 0 Å². The van der Waals surface area contributed by atoms with Gasteiger partial charge in [0, 0.05) is 6.92 Å². The van der Waals surface area contributed by atoms with Crippen molar-refractivity contribution in [3.63, 3.8) is 0 Å². The largest absolute Gasteiger partial charge is 1.00 e. The first-order valence-electron chi connectivity index (χ1n) is 3.78. The van der Waals surface area contributed by atoms with E-state index in [2.05, 4.69) is 49.2 Å². The Kier molecular flexibility index (Phi) is 9.48. The zero-order valence-electron chi connectivity index (χ0n) is 9.23. The summed E-state index contributed by atoms with van der Waals surface area (Å²) in [6, 6.07) is 0. The van der Waals surface area contributed by atoms with Crippen LogP contribution >= 0.6 is 0 Å². The predicted molar refractivity (Wildman–Crippen MR) is 45.5 cm³/mol. The summed E-state index contributed by atoms with van der Waals surface area (Å²) in [4.78, 5) is 0. The van der Waals surface area contributed by atoms with E-state index in [1.54, 1.807) is 0 Å². The van der Waals surface area contributed by atoms with Crippen LogP contribution in [0.2, 0.25) is 0 Å². The molecular weight excluding hydrogens is 378 g/mol. The second kappa shape index (κ2) is 5.98. The molecular formula is C8H22I2N2. The summed E-state index contributed by atoms with van der Waals surface area (Å²) in [5.74, 6) is 0. The zero-order valence-corrected chi connectivity index (χ0v) is 13.5. The van der Waals surface area contributed by atoms with Gasteiger partial charge >= 0.3 is 0 Å². The molecule has 0 aliphatic carbocycles. The maximum Gasteiger partial charge on any atom is 0.212 e. The van der Waals surface area contributed by atoms with Crippen molar-refractivity contribution in [2.75, 3.05) is 42.3 Å². The molecule has 12 heavy (non-hydrogen) atoms. The van der Waals surface area contributed by atoms with E-state index in [-0.39, 0.29) is 48.0 Å². The number of nitrogens with zero attached hydrogens (tertiary/aromatic N) is 2. The van der Waals surface area contributed by atoms with Crippen molar-refractivity contribution in [2.24, 2.45) is 0 Å². The molecule has 0 saturated heterocycles. The van der Waals surface area contributed by atoms with Crippen molar-refractivity contribution in [1.82, 2.24) is 0 Å². The summed E-state index contributed by atoms with van der Waals surface area (Å²) < 4.78 is 2.03. The van der Waals surface area contributed by atoms with Crippen LogP contribution in [0, 0.1) is 0 Å². The summed E-state index contributed by atoms with van der Waals surface area (Å²) in [6.45, 7) is 2.28. The summed E-state index contributed by atoms with van der Waals surface area (Å²) in [6.07, 6.45) is 0.639. The number of rotatable bonds is 2. The fourth-order valence-corrected chi connectivity index (χ4v) is 1.04. The molecule has 0 spiro atoms. The van der Waals surface area contributed by atoms with Crippen molar-refractivity contribution in [3.8, 4) is 0 Å². The van der Waals surface area contributed by atoms with Gasteiger partial charge in [-0.25, -0.2) is 0 Å². The minimum absolute atomic E-state index is 0. The fraction of sp³-hybridized carbons (Fsp3) is 1.00. The van der Waals surface area contributed by atoms with Gasteiger partial charge in [-0.1, -0.05) is 0 Å². The monoisotopic (exact) mass is 400 g/mol. The lowest BCUT2D eigenvalue weighted by Crippen LogP contribution is -3.00. The highest BCUT2D eigenvalue weighted by Gasteiger charge is 2.30. The standard InChI is InChI=1S/C8H22N2.2HI/c1-8(9(2,3)4)10(5,6)7;;/h8H,1-7H3;2*1H/q+2;;/p-2. The normalized spacial score (nSPS) is 12.0. The van der Waals surface area contributed by atoms with E-state index in [1.807, 2.05) is 0 Å². The third-order valence-electron chi connectivity index (χ3n) is 2.24. The zero-order chi connectivity index (χ0) is 8.58. The first kappa shape index (κ1) is 19.0. The lowest BCUT2D eigenvalue weighted by Gasteiger charge is -2.40. The van der Waals surface area contributed by atoms with Gasteiger partial charge in [0.25, 0.3) is 0 Å². The van der Waals surface area contributed by atoms with E-state index in [1.165, 1.54) is 0 Å². The molecule has 0 aromatic carbocycles. The Morgan fingerprint density at radius 2 is 0.833 bits per heavy atom. The Labute approximate surface area is 112 Å². The van der Waals surface area contributed by atoms with Crippen LogP contribution in [0.15, 0.2) is 0 Å². The topological polar surface area (TPSA) is 0 Å². The van der Waals surface area contributed by atoms with Crippen LogP contribution < -0.4 is 48.0 Å². The molecule has 0 atom stereocenters. The fourth-order valence-electron chi connectivity index (χ4n) is 1.04. The molecule has 0 aliphatic rings. The quantitative estimate of drug-likeness (QED) is 0.247. The molecule has 0 bridgehead atoms. The average molecular weight is 400 g/mol. The Morgan fingerprint density at radius 3 is 0.833 bits per heavy atom. The summed E-state index contributed by atoms with van der Waals surface area (Å²) >= 11 is 0. The van der Waals surface area contributed by atoms with Crippen LogP contribution in [-0.2, 0) is 0 Å². The van der Waals surface area contributed by atoms with Gasteiger partial charge in [-0.3, -0.25) is 8.97 Å². The van der Waals surface area contributed by atoms with Crippen LogP contribution in [0.1, 0.15) is 6.92 Å². The highest BCUT2D eigenvalue weighted by molar-refractivity contribution is 4.28. The third-order valence-corrected chi connectivity index (χ3v) is 2.24. The number of hydrogen-bond acceptors (Lipinski definition) is 0. The van der Waals surface area contributed by atoms with Gasteiger partial charge in [0.15, 0.2) is 0 Å². The molecule has 0 heterocycles. The molecule has 0 saturated carbocycles. The smallest absolute Gasteiger partial charge is 0.212 e. The molecule has 0 radical (unpaired) electrons. The van der Waals surface area contributed by atoms with Gasteiger partial charge in [0.05, 0.1) is 42.3 Å². The second-order valence-electron chi connectivity index (χ2n) is 4.86. The van der Waals surface area contributed by atoms with E-state index in [0.29, 0.717) is 6.17 Å². The van der Waals surface area contributed by atoms with Gasteiger partial charge in [0.2, 0.25) is 6.17 Å². The van der Waals surface area contributed by atoms with Crippen LogP contribution in [0.3, 0.4) is 0 Å². The van der Waals surface area contributed by atoms with E-state index >= 15 is 0 Å². The lowest BCUT2D eigenvalue weighted by molar-refractivity contribution is -1.09. The first-order valence-corrected chi connectivity index (χ1v) is 3.78. The number of hydrogen-bond donors (Lipinski definition) is 0. The molecule has 0 unspecified atom stereocenters. The van der Waals surface area contributed by atoms with Crippen molar-refractivity contribution >= 4 is 0 Å². The van der Waals surface area contributed by atoms with Crippen LogP contribution in [-0.4, -0.2) is 57.4 Å². The van der Waals surface area contributed by atoms with Crippen LogP contribution in [0.5, 0.6) is 0 Å². The predicted octanol–water partition coefficient (Wildman–Crippen LogP) is -5.25. The SMILES string of the molecule is CC([N+](C)(C)C)[N+](C)(C)C.[I-].[I-]. The van der Waals surface area contributed by atoms with Crippen molar-refractivity contribution in [1.29, 1.82) is 0 Å². The third kappa shape index (κ3) is 6.85. The van der Waals surface area contributed by atoms with E-state index in [9.17, 15) is 0 Å². The van der Waals surface area contributed by atoms with Crippen molar-refractivity contribution in [2.45, 2.75) is 13.1 Å². The van der Waals surface area contributed by atoms with E-state index in [0.717, 1.165) is 8.97 Å². The molecule has 2 nitrogen and oxygen atoms in total. The van der Waals surface area contributed by atoms with E-state index < -0.39 is 0 Å². The number of halogens is 2. The first-order chi connectivity index (χ1) is 4.15. The highest BCUT2D eigenvalue weighted by atomic mass is 127. The lowest BCUT2D eigenvalue weighted by atomic mass is 10.3. The van der Waals surface area contributed by atoms with Gasteiger partial charge < -0.3 is 48.0 Å². The Balaban J connectivity index is -0.000000405. The number of quaternary nitrogens is 2. The maximum absolute atomic E-state index is 2.28. The van der Waals surface area contributed by atoms with Crippen LogP contribution in [0.4, 0.5) is 0 Å².